The fourth-order valence-corrected chi connectivity index (χ4v) is 2.51. The lowest BCUT2D eigenvalue weighted by molar-refractivity contribution is 0.243. The summed E-state index contributed by atoms with van der Waals surface area (Å²) in [5.74, 6) is 0.300. The molecule has 3 nitrogen and oxygen atoms in total. The Morgan fingerprint density at radius 2 is 1.68 bits per heavy atom. The first-order valence-electron chi connectivity index (χ1n) is 7.77. The molecule has 2 aromatic carbocycles. The van der Waals surface area contributed by atoms with Crippen molar-refractivity contribution >= 4 is 0 Å². The first-order valence-corrected chi connectivity index (χ1v) is 7.77. The van der Waals surface area contributed by atoms with E-state index in [0.717, 1.165) is 28.7 Å². The lowest BCUT2D eigenvalue weighted by atomic mass is 10.0. The predicted octanol–water partition coefficient (Wildman–Crippen LogP) is 3.39. The second kappa shape index (κ2) is 7.43. The van der Waals surface area contributed by atoms with Crippen molar-refractivity contribution in [1.82, 2.24) is 5.32 Å². The topological polar surface area (TPSA) is 52.5 Å². The van der Waals surface area contributed by atoms with Gasteiger partial charge in [-0.2, -0.15) is 0 Å². The van der Waals surface area contributed by atoms with Gasteiger partial charge in [-0.15, -0.1) is 0 Å². The number of aryl methyl sites for hydroxylation is 3. The number of aromatic hydroxyl groups is 1. The summed E-state index contributed by atoms with van der Waals surface area (Å²) in [5.41, 5.74) is 5.43. The van der Waals surface area contributed by atoms with Gasteiger partial charge in [0.15, 0.2) is 0 Å². The van der Waals surface area contributed by atoms with Crippen LogP contribution in [0.1, 0.15) is 40.8 Å². The van der Waals surface area contributed by atoms with E-state index in [2.05, 4.69) is 24.4 Å². The summed E-state index contributed by atoms with van der Waals surface area (Å²) in [5, 5.41) is 23.0. The molecule has 1 atom stereocenters. The van der Waals surface area contributed by atoms with Crippen molar-refractivity contribution in [1.29, 1.82) is 0 Å². The van der Waals surface area contributed by atoms with Crippen LogP contribution in [0.4, 0.5) is 0 Å². The van der Waals surface area contributed by atoms with Gasteiger partial charge in [0.1, 0.15) is 5.75 Å². The van der Waals surface area contributed by atoms with Crippen LogP contribution in [0, 0.1) is 13.8 Å². The van der Waals surface area contributed by atoms with Gasteiger partial charge >= 0.3 is 0 Å². The number of hydrogen-bond acceptors (Lipinski definition) is 3. The van der Waals surface area contributed by atoms with Crippen LogP contribution in [0.15, 0.2) is 36.4 Å². The zero-order valence-corrected chi connectivity index (χ0v) is 13.6. The Labute approximate surface area is 132 Å². The average Bonchev–Trinajstić information content (AvgIpc) is 2.53. The van der Waals surface area contributed by atoms with Crippen LogP contribution in [-0.4, -0.2) is 16.8 Å². The number of phenols is 1. The van der Waals surface area contributed by atoms with E-state index in [9.17, 15) is 10.2 Å². The van der Waals surface area contributed by atoms with Crippen molar-refractivity contribution in [3.05, 3.63) is 64.2 Å². The zero-order chi connectivity index (χ0) is 16.1. The molecule has 22 heavy (non-hydrogen) atoms. The van der Waals surface area contributed by atoms with Crippen LogP contribution < -0.4 is 5.32 Å². The Hall–Kier alpha value is -1.84. The zero-order valence-electron chi connectivity index (χ0n) is 13.6. The molecule has 0 radical (unpaired) electrons. The Morgan fingerprint density at radius 3 is 2.27 bits per heavy atom. The van der Waals surface area contributed by atoms with Gasteiger partial charge in [-0.1, -0.05) is 37.3 Å². The minimum atomic E-state index is -0.132. The monoisotopic (exact) mass is 299 g/mol. The Balaban J connectivity index is 2.09. The molecule has 3 N–H and O–H groups in total. The van der Waals surface area contributed by atoms with E-state index in [1.165, 1.54) is 5.56 Å². The average molecular weight is 299 g/mol. The third-order valence-electron chi connectivity index (χ3n) is 4.21. The summed E-state index contributed by atoms with van der Waals surface area (Å²) in [4.78, 5) is 0. The SMILES string of the molecule is CCc1ccc(C(CO)NCc2cc(C)c(C)cc2O)cc1. The number of phenolic OH excluding ortho intramolecular Hbond substituents is 1. The summed E-state index contributed by atoms with van der Waals surface area (Å²) in [7, 11) is 0. The number of hydrogen-bond donors (Lipinski definition) is 3. The maximum Gasteiger partial charge on any atom is 0.120 e. The van der Waals surface area contributed by atoms with Crippen LogP contribution in [0.5, 0.6) is 5.75 Å². The number of nitrogens with one attached hydrogen (secondary N) is 1. The fourth-order valence-electron chi connectivity index (χ4n) is 2.51. The van der Waals surface area contributed by atoms with E-state index >= 15 is 0 Å². The van der Waals surface area contributed by atoms with Gasteiger partial charge in [-0.3, -0.25) is 0 Å². The number of benzene rings is 2. The Morgan fingerprint density at radius 1 is 1.05 bits per heavy atom. The summed E-state index contributed by atoms with van der Waals surface area (Å²) in [6.45, 7) is 6.69. The highest BCUT2D eigenvalue weighted by Crippen LogP contribution is 2.23. The predicted molar refractivity (Wildman–Crippen MR) is 90.1 cm³/mol. The highest BCUT2D eigenvalue weighted by atomic mass is 16.3. The standard InChI is InChI=1S/C19H25NO2/c1-4-15-5-7-16(8-6-15)18(12-21)20-11-17-9-13(2)14(3)10-19(17)22/h5-10,18,20-22H,4,11-12H2,1-3H3. The van der Waals surface area contributed by atoms with Gasteiger partial charge < -0.3 is 15.5 Å². The molecule has 2 aromatic rings. The van der Waals surface area contributed by atoms with Crippen molar-refractivity contribution in [3.63, 3.8) is 0 Å². The van der Waals surface area contributed by atoms with Crippen molar-refractivity contribution in [2.45, 2.75) is 39.8 Å². The number of aliphatic hydroxyl groups is 1. The van der Waals surface area contributed by atoms with Crippen LogP contribution in [0.3, 0.4) is 0 Å². The normalized spacial score (nSPS) is 12.4. The lowest BCUT2D eigenvalue weighted by Gasteiger charge is -2.18. The Kier molecular flexibility index (Phi) is 5.58. The van der Waals surface area contributed by atoms with Crippen molar-refractivity contribution < 1.29 is 10.2 Å². The van der Waals surface area contributed by atoms with Crippen molar-refractivity contribution in [3.8, 4) is 5.75 Å². The maximum absolute atomic E-state index is 10.0. The third-order valence-corrected chi connectivity index (χ3v) is 4.21. The molecule has 118 valence electrons. The molecule has 0 heterocycles. The lowest BCUT2D eigenvalue weighted by Crippen LogP contribution is -2.24. The van der Waals surface area contributed by atoms with Gasteiger partial charge in [0.2, 0.25) is 0 Å². The van der Waals surface area contributed by atoms with Gasteiger partial charge in [0.05, 0.1) is 12.6 Å². The molecule has 1 unspecified atom stereocenters. The van der Waals surface area contributed by atoms with Crippen molar-refractivity contribution in [2.75, 3.05) is 6.61 Å². The minimum Gasteiger partial charge on any atom is -0.508 e. The molecule has 0 saturated carbocycles. The van der Waals surface area contributed by atoms with Crippen LogP contribution in [0.2, 0.25) is 0 Å². The molecule has 0 fully saturated rings. The number of aliphatic hydroxyl groups excluding tert-OH is 1. The molecule has 0 aliphatic rings. The summed E-state index contributed by atoms with van der Waals surface area (Å²) < 4.78 is 0. The highest BCUT2D eigenvalue weighted by molar-refractivity contribution is 5.40. The molecule has 0 aliphatic heterocycles. The summed E-state index contributed by atoms with van der Waals surface area (Å²) in [6, 6.07) is 11.9. The maximum atomic E-state index is 10.0. The molecule has 0 saturated heterocycles. The number of rotatable bonds is 6. The Bertz CT molecular complexity index is 620. The third kappa shape index (κ3) is 3.87. The second-order valence-electron chi connectivity index (χ2n) is 5.78. The highest BCUT2D eigenvalue weighted by Gasteiger charge is 2.11. The van der Waals surface area contributed by atoms with Crippen LogP contribution in [0.25, 0.3) is 0 Å². The summed E-state index contributed by atoms with van der Waals surface area (Å²) >= 11 is 0. The molecule has 0 spiro atoms. The quantitative estimate of drug-likeness (QED) is 0.766. The smallest absolute Gasteiger partial charge is 0.120 e. The first kappa shape index (κ1) is 16.5. The molecule has 0 aromatic heterocycles. The molecule has 2 rings (SSSR count). The first-order chi connectivity index (χ1) is 10.5. The van der Waals surface area contributed by atoms with E-state index in [0.29, 0.717) is 12.3 Å². The summed E-state index contributed by atoms with van der Waals surface area (Å²) in [6.07, 6.45) is 1.01. The van der Waals surface area contributed by atoms with Crippen LogP contribution >= 0.6 is 0 Å². The molecule has 0 amide bonds. The van der Waals surface area contributed by atoms with Crippen molar-refractivity contribution in [2.24, 2.45) is 0 Å². The minimum absolute atomic E-state index is 0.0249. The van der Waals surface area contributed by atoms with E-state index in [1.807, 2.05) is 32.0 Å². The fraction of sp³-hybridized carbons (Fsp3) is 0.368. The van der Waals surface area contributed by atoms with E-state index in [-0.39, 0.29) is 12.6 Å². The van der Waals surface area contributed by atoms with E-state index < -0.39 is 0 Å². The van der Waals surface area contributed by atoms with Crippen LogP contribution in [-0.2, 0) is 13.0 Å². The second-order valence-corrected chi connectivity index (χ2v) is 5.78. The molecule has 0 bridgehead atoms. The molecule has 0 aliphatic carbocycles. The van der Waals surface area contributed by atoms with E-state index in [4.69, 9.17) is 0 Å². The van der Waals surface area contributed by atoms with Gasteiger partial charge in [0, 0.05) is 12.1 Å². The largest absolute Gasteiger partial charge is 0.508 e. The molecular weight excluding hydrogens is 274 g/mol. The van der Waals surface area contributed by atoms with Gasteiger partial charge in [-0.05, 0) is 48.6 Å². The molecular formula is C19H25NO2. The molecule has 3 heteroatoms. The van der Waals surface area contributed by atoms with Gasteiger partial charge in [0.25, 0.3) is 0 Å². The van der Waals surface area contributed by atoms with E-state index in [1.54, 1.807) is 6.07 Å². The van der Waals surface area contributed by atoms with Gasteiger partial charge in [-0.25, -0.2) is 0 Å².